The van der Waals surface area contributed by atoms with E-state index in [0.29, 0.717) is 26.3 Å². The Morgan fingerprint density at radius 2 is 1.92 bits per heavy atom. The number of fused-ring (bicyclic) bond motifs is 1. The highest BCUT2D eigenvalue weighted by Crippen LogP contribution is 2.34. The molecule has 0 unspecified atom stereocenters. The van der Waals surface area contributed by atoms with Crippen LogP contribution in [-0.2, 0) is 13.6 Å². The summed E-state index contributed by atoms with van der Waals surface area (Å²) in [5.41, 5.74) is 2.37. The molecule has 0 aliphatic carbocycles. The maximum absolute atomic E-state index is 10.4. The Hall–Kier alpha value is -2.05. The fraction of sp³-hybridized carbons (Fsp3) is 0.550. The van der Waals surface area contributed by atoms with Gasteiger partial charge in [-0.25, -0.2) is 0 Å². The van der Waals surface area contributed by atoms with E-state index in [1.807, 2.05) is 50.0 Å². The van der Waals surface area contributed by atoms with E-state index < -0.39 is 5.60 Å². The lowest BCUT2D eigenvalue weighted by atomic mass is 9.97. The number of rotatable bonds is 7. The Bertz CT molecular complexity index is 738. The van der Waals surface area contributed by atoms with Gasteiger partial charge in [0.1, 0.15) is 0 Å². The molecule has 0 bridgehead atoms. The molecule has 142 valence electrons. The number of hydrogen-bond acceptors (Lipinski definition) is 5. The van der Waals surface area contributed by atoms with Gasteiger partial charge in [0.15, 0.2) is 11.5 Å². The summed E-state index contributed by atoms with van der Waals surface area (Å²) in [4.78, 5) is 0. The molecule has 6 nitrogen and oxygen atoms in total. The Kier molecular flexibility index (Phi) is 5.84. The molecule has 0 spiro atoms. The van der Waals surface area contributed by atoms with Crippen LogP contribution >= 0.6 is 0 Å². The minimum atomic E-state index is -0.655. The van der Waals surface area contributed by atoms with Gasteiger partial charge in [-0.05, 0) is 31.0 Å². The summed E-state index contributed by atoms with van der Waals surface area (Å²) in [5, 5.41) is 18.5. The summed E-state index contributed by atoms with van der Waals surface area (Å²) in [6.07, 6.45) is 4.37. The number of nitrogens with zero attached hydrogens (tertiary/aromatic N) is 2. The Morgan fingerprint density at radius 3 is 2.65 bits per heavy atom. The van der Waals surface area contributed by atoms with Crippen molar-refractivity contribution >= 4 is 0 Å². The Balaban J connectivity index is 1.78. The van der Waals surface area contributed by atoms with Crippen LogP contribution in [0, 0.1) is 0 Å². The van der Waals surface area contributed by atoms with Crippen molar-refractivity contribution in [2.24, 2.45) is 7.05 Å². The molecule has 0 radical (unpaired) electrons. The van der Waals surface area contributed by atoms with E-state index in [1.165, 1.54) is 0 Å². The van der Waals surface area contributed by atoms with E-state index >= 15 is 0 Å². The molecule has 0 saturated heterocycles. The second-order valence-electron chi connectivity index (χ2n) is 6.92. The van der Waals surface area contributed by atoms with Gasteiger partial charge in [0.2, 0.25) is 0 Å². The molecule has 6 heteroatoms. The van der Waals surface area contributed by atoms with Crippen LogP contribution in [0.25, 0.3) is 11.3 Å². The summed E-state index contributed by atoms with van der Waals surface area (Å²) in [7, 11) is 1.92. The van der Waals surface area contributed by atoms with Crippen molar-refractivity contribution in [1.82, 2.24) is 15.1 Å². The van der Waals surface area contributed by atoms with Gasteiger partial charge >= 0.3 is 0 Å². The molecule has 0 saturated carbocycles. The lowest BCUT2D eigenvalue weighted by Crippen LogP contribution is -2.39. The smallest absolute Gasteiger partial charge is 0.161 e. The van der Waals surface area contributed by atoms with Gasteiger partial charge in [0, 0.05) is 43.9 Å². The van der Waals surface area contributed by atoms with Crippen LogP contribution in [0.15, 0.2) is 24.4 Å². The number of aromatic nitrogens is 2. The van der Waals surface area contributed by atoms with Crippen LogP contribution in [0.1, 0.15) is 38.7 Å². The van der Waals surface area contributed by atoms with Crippen molar-refractivity contribution in [2.45, 2.75) is 45.3 Å². The van der Waals surface area contributed by atoms with Gasteiger partial charge in [0.05, 0.1) is 24.5 Å². The summed E-state index contributed by atoms with van der Waals surface area (Å²) in [6, 6.07) is 5.98. The maximum Gasteiger partial charge on any atom is 0.161 e. The van der Waals surface area contributed by atoms with Gasteiger partial charge in [-0.2, -0.15) is 5.10 Å². The van der Waals surface area contributed by atoms with Crippen LogP contribution in [0.5, 0.6) is 11.5 Å². The lowest BCUT2D eigenvalue weighted by molar-refractivity contribution is 0.0323. The number of benzene rings is 1. The van der Waals surface area contributed by atoms with Crippen LogP contribution in [0.3, 0.4) is 0 Å². The molecule has 0 amide bonds. The molecular weight excluding hydrogens is 330 g/mol. The third-order valence-electron chi connectivity index (χ3n) is 5.01. The lowest BCUT2D eigenvalue weighted by Gasteiger charge is -2.25. The highest BCUT2D eigenvalue weighted by Gasteiger charge is 2.22. The molecule has 1 aliphatic rings. The molecule has 1 aliphatic heterocycles. The highest BCUT2D eigenvalue weighted by atomic mass is 16.5. The molecule has 1 aromatic carbocycles. The highest BCUT2D eigenvalue weighted by molar-refractivity contribution is 5.66. The molecule has 1 aromatic heterocycles. The fourth-order valence-electron chi connectivity index (χ4n) is 3.15. The summed E-state index contributed by atoms with van der Waals surface area (Å²) < 4.78 is 13.3. The Labute approximate surface area is 155 Å². The van der Waals surface area contributed by atoms with E-state index in [-0.39, 0.29) is 0 Å². The topological polar surface area (TPSA) is 68.5 Å². The first kappa shape index (κ1) is 18.7. The van der Waals surface area contributed by atoms with Crippen molar-refractivity contribution in [2.75, 3.05) is 19.8 Å². The van der Waals surface area contributed by atoms with Crippen molar-refractivity contribution in [3.05, 3.63) is 30.0 Å². The first-order chi connectivity index (χ1) is 12.5. The first-order valence-electron chi connectivity index (χ1n) is 9.40. The predicted molar refractivity (Wildman–Crippen MR) is 101 cm³/mol. The minimum absolute atomic E-state index is 0.565. The van der Waals surface area contributed by atoms with Crippen LogP contribution in [0.2, 0.25) is 0 Å². The molecule has 2 aromatic rings. The molecule has 2 heterocycles. The predicted octanol–water partition coefficient (Wildman–Crippen LogP) is 2.89. The summed E-state index contributed by atoms with van der Waals surface area (Å²) in [5.74, 6) is 1.56. The zero-order chi connectivity index (χ0) is 18.6. The number of hydrogen-bond donors (Lipinski definition) is 2. The van der Waals surface area contributed by atoms with Gasteiger partial charge < -0.3 is 19.9 Å². The third-order valence-corrected chi connectivity index (χ3v) is 5.01. The zero-order valence-electron chi connectivity index (χ0n) is 15.9. The molecule has 0 atom stereocenters. The maximum atomic E-state index is 10.4. The van der Waals surface area contributed by atoms with E-state index in [1.54, 1.807) is 0 Å². The molecule has 26 heavy (non-hydrogen) atoms. The standard InChI is InChI=1S/C20H29N3O3/c1-4-20(24,5-2)14-21-12-16-13-23(3)22-19(16)15-7-8-17-18(11-15)26-10-6-9-25-17/h7-8,11,13,21,24H,4-6,9-10,12,14H2,1-3H3. The van der Waals surface area contributed by atoms with Gasteiger partial charge in [-0.15, -0.1) is 0 Å². The molecular formula is C20H29N3O3. The first-order valence-corrected chi connectivity index (χ1v) is 9.40. The normalized spacial score (nSPS) is 14.3. The van der Waals surface area contributed by atoms with Crippen LogP contribution < -0.4 is 14.8 Å². The second kappa shape index (κ2) is 8.10. The molecule has 2 N–H and O–H groups in total. The Morgan fingerprint density at radius 1 is 1.19 bits per heavy atom. The van der Waals surface area contributed by atoms with Gasteiger partial charge in [0.25, 0.3) is 0 Å². The van der Waals surface area contributed by atoms with Gasteiger partial charge in [-0.3, -0.25) is 4.68 Å². The van der Waals surface area contributed by atoms with Crippen molar-refractivity contribution in [1.29, 1.82) is 0 Å². The van der Waals surface area contributed by atoms with Crippen LogP contribution in [-0.4, -0.2) is 40.2 Å². The van der Waals surface area contributed by atoms with E-state index in [9.17, 15) is 5.11 Å². The van der Waals surface area contributed by atoms with Crippen molar-refractivity contribution < 1.29 is 14.6 Å². The van der Waals surface area contributed by atoms with E-state index in [2.05, 4.69) is 10.4 Å². The number of nitrogens with one attached hydrogen (secondary N) is 1. The summed E-state index contributed by atoms with van der Waals surface area (Å²) >= 11 is 0. The van der Waals surface area contributed by atoms with E-state index in [4.69, 9.17) is 9.47 Å². The zero-order valence-corrected chi connectivity index (χ0v) is 15.9. The number of aryl methyl sites for hydroxylation is 1. The average molecular weight is 359 g/mol. The largest absolute Gasteiger partial charge is 0.490 e. The average Bonchev–Trinajstić information content (AvgIpc) is 2.87. The minimum Gasteiger partial charge on any atom is -0.490 e. The molecule has 0 fully saturated rings. The fourth-order valence-corrected chi connectivity index (χ4v) is 3.15. The van der Waals surface area contributed by atoms with E-state index in [0.717, 1.165) is 47.6 Å². The van der Waals surface area contributed by atoms with Crippen LogP contribution in [0.4, 0.5) is 0 Å². The van der Waals surface area contributed by atoms with Gasteiger partial charge in [-0.1, -0.05) is 13.8 Å². The van der Waals surface area contributed by atoms with Crippen molar-refractivity contribution in [3.63, 3.8) is 0 Å². The second-order valence-corrected chi connectivity index (χ2v) is 6.92. The van der Waals surface area contributed by atoms with Crippen molar-refractivity contribution in [3.8, 4) is 22.8 Å². The number of ether oxygens (including phenoxy) is 2. The SMILES string of the molecule is CCC(O)(CC)CNCc1cn(C)nc1-c1ccc2c(c1)OCCCO2. The summed E-state index contributed by atoms with van der Waals surface area (Å²) in [6.45, 7) is 6.59. The quantitative estimate of drug-likeness (QED) is 0.796. The monoisotopic (exact) mass is 359 g/mol. The third kappa shape index (κ3) is 4.19. The number of aliphatic hydroxyl groups is 1. The molecule has 3 rings (SSSR count).